The highest BCUT2D eigenvalue weighted by Gasteiger charge is 2.45. The lowest BCUT2D eigenvalue weighted by atomic mass is 10.2. The Labute approximate surface area is 123 Å². The van der Waals surface area contributed by atoms with Crippen molar-refractivity contribution in [2.45, 2.75) is 11.7 Å². The summed E-state index contributed by atoms with van der Waals surface area (Å²) in [5.41, 5.74) is 0. The Morgan fingerprint density at radius 3 is 1.64 bits per heavy atom. The molecule has 0 saturated carbocycles. The summed E-state index contributed by atoms with van der Waals surface area (Å²) in [7, 11) is -23.8. The minimum atomic E-state index is -6.11. The lowest BCUT2D eigenvalue weighted by Gasteiger charge is -2.20. The molecule has 1 aliphatic rings. The van der Waals surface area contributed by atoms with Crippen LogP contribution in [0.15, 0.2) is 20.8 Å². The van der Waals surface area contributed by atoms with Crippen LogP contribution in [-0.2, 0) is 40.8 Å². The van der Waals surface area contributed by atoms with E-state index in [2.05, 4.69) is 0 Å². The number of halogens is 3. The van der Waals surface area contributed by atoms with Crippen molar-refractivity contribution in [2.24, 2.45) is 0 Å². The van der Waals surface area contributed by atoms with Crippen LogP contribution in [0.1, 0.15) is 6.42 Å². The lowest BCUT2D eigenvalue weighted by Crippen LogP contribution is -2.30. The Kier molecular flexibility index (Phi) is 4.59. The van der Waals surface area contributed by atoms with E-state index in [1.165, 1.54) is 0 Å². The molecule has 22 heavy (non-hydrogen) atoms. The van der Waals surface area contributed by atoms with E-state index < -0.39 is 67.2 Å². The van der Waals surface area contributed by atoms with E-state index in [1.807, 2.05) is 0 Å². The fourth-order valence-electron chi connectivity index (χ4n) is 1.58. The summed E-state index contributed by atoms with van der Waals surface area (Å²) in [4.78, 5) is -5.94. The van der Waals surface area contributed by atoms with Crippen LogP contribution < -0.4 is 0 Å². The molecule has 0 aromatic carbocycles. The molecule has 9 nitrogen and oxygen atoms in total. The van der Waals surface area contributed by atoms with Crippen LogP contribution in [0.5, 0.6) is 0 Å². The normalized spacial score (nSPS) is 21.6. The van der Waals surface area contributed by atoms with E-state index in [0.29, 0.717) is 0 Å². The first-order valence-electron chi connectivity index (χ1n) is 4.69. The lowest BCUT2D eigenvalue weighted by molar-refractivity contribution is 0.486. The number of hydrogen-bond acceptors (Lipinski definition) is 8. The second kappa shape index (κ2) is 5.29. The molecule has 0 heterocycles. The molecular formula is C6H5F3O9S4. The Bertz CT molecular complexity index is 982. The third-order valence-electron chi connectivity index (χ3n) is 2.39. The predicted molar refractivity (Wildman–Crippen MR) is 65.1 cm³/mol. The number of hydrogen-bond donors (Lipinski definition) is 1. The van der Waals surface area contributed by atoms with Gasteiger partial charge in [0, 0.05) is 6.42 Å². The topological polar surface area (TPSA) is 157 Å². The van der Waals surface area contributed by atoms with Gasteiger partial charge in [0.25, 0.3) is 10.1 Å². The molecule has 128 valence electrons. The zero-order valence-corrected chi connectivity index (χ0v) is 13.1. The Hall–Kier alpha value is -0.970. The third-order valence-corrected chi connectivity index (χ3v) is 6.57. The van der Waals surface area contributed by atoms with Gasteiger partial charge in [-0.25, -0.2) is 0 Å². The van der Waals surface area contributed by atoms with Gasteiger partial charge in [-0.3, -0.25) is 4.55 Å². The highest BCUT2D eigenvalue weighted by Crippen LogP contribution is 2.38. The maximum Gasteiger partial charge on any atom is 0.329 e. The van der Waals surface area contributed by atoms with Gasteiger partial charge in [-0.1, -0.05) is 0 Å². The number of allylic oxidation sites excluding steroid dienone is 2. The molecule has 0 aliphatic heterocycles. The van der Waals surface area contributed by atoms with Crippen LogP contribution in [0, 0.1) is 0 Å². The summed E-state index contributed by atoms with van der Waals surface area (Å²) < 4.78 is 134. The summed E-state index contributed by atoms with van der Waals surface area (Å²) in [6, 6.07) is 0. The first-order valence-corrected chi connectivity index (χ1v) is 10.3. The highest BCUT2D eigenvalue weighted by atomic mass is 32.3. The summed E-state index contributed by atoms with van der Waals surface area (Å²) in [5.74, 6) is 0. The molecule has 1 aliphatic carbocycles. The van der Waals surface area contributed by atoms with Gasteiger partial charge in [0.2, 0.25) is 0 Å². The molecule has 0 amide bonds. The van der Waals surface area contributed by atoms with E-state index in [9.17, 15) is 45.3 Å². The van der Waals surface area contributed by atoms with Crippen molar-refractivity contribution in [1.29, 1.82) is 0 Å². The molecule has 0 fully saturated rings. The van der Waals surface area contributed by atoms with Crippen LogP contribution in [0.4, 0.5) is 11.7 Å². The van der Waals surface area contributed by atoms with Crippen LogP contribution in [0.2, 0.25) is 0 Å². The van der Waals surface area contributed by atoms with Crippen LogP contribution in [0.25, 0.3) is 0 Å². The van der Waals surface area contributed by atoms with Crippen LogP contribution >= 0.6 is 0 Å². The molecule has 1 N–H and O–H groups in total. The number of rotatable bonds is 4. The quantitative estimate of drug-likeness (QED) is 0.486. The van der Waals surface area contributed by atoms with Crippen molar-refractivity contribution in [3.8, 4) is 0 Å². The fraction of sp³-hybridized carbons (Fsp3) is 0.333. The predicted octanol–water partition coefficient (Wildman–Crippen LogP) is -0.360. The molecule has 0 saturated heterocycles. The average Bonchev–Trinajstić information content (AvgIpc) is 2.22. The summed E-state index contributed by atoms with van der Waals surface area (Å²) in [5, 5.41) is -3.24. The molecular weight excluding hydrogens is 401 g/mol. The highest BCUT2D eigenvalue weighted by molar-refractivity contribution is 7.96. The van der Waals surface area contributed by atoms with Gasteiger partial charge in [0.1, 0.15) is 10.2 Å². The molecule has 0 aromatic heterocycles. The van der Waals surface area contributed by atoms with Gasteiger partial charge in [-0.15, -0.1) is 11.7 Å². The van der Waals surface area contributed by atoms with Crippen LogP contribution in [0.3, 0.4) is 0 Å². The van der Waals surface area contributed by atoms with Crippen molar-refractivity contribution < 1.29 is 49.9 Å². The van der Waals surface area contributed by atoms with Gasteiger partial charge in [-0.2, -0.15) is 33.7 Å². The Morgan fingerprint density at radius 2 is 1.36 bits per heavy atom. The molecule has 16 heteroatoms. The second-order valence-electron chi connectivity index (χ2n) is 3.84. The van der Waals surface area contributed by atoms with Crippen molar-refractivity contribution in [3.05, 3.63) is 20.8 Å². The van der Waals surface area contributed by atoms with Crippen molar-refractivity contribution in [3.63, 3.8) is 0 Å². The minimum absolute atomic E-state index is 0.289. The third kappa shape index (κ3) is 4.06. The maximum atomic E-state index is 13.1. The van der Waals surface area contributed by atoms with E-state index >= 15 is 0 Å². The van der Waals surface area contributed by atoms with E-state index in [-0.39, 0.29) is 6.08 Å². The van der Waals surface area contributed by atoms with E-state index in [1.54, 1.807) is 0 Å². The molecule has 0 radical (unpaired) electrons. The molecule has 0 bridgehead atoms. The van der Waals surface area contributed by atoms with Gasteiger partial charge < -0.3 is 0 Å². The fourth-order valence-corrected chi connectivity index (χ4v) is 5.91. The van der Waals surface area contributed by atoms with Crippen molar-refractivity contribution in [2.75, 3.05) is 0 Å². The summed E-state index contributed by atoms with van der Waals surface area (Å²) in [6.07, 6.45) is -2.04. The second-order valence-corrected chi connectivity index (χ2v) is 9.46. The SMILES string of the molecule is O=S(=O)(O)C1=C(S(=O)(=O)F)CC(S(=O)(=O)F)=CC1S(=O)(=O)F. The zero-order chi connectivity index (χ0) is 17.7. The summed E-state index contributed by atoms with van der Waals surface area (Å²) in [6.45, 7) is 0. The maximum absolute atomic E-state index is 13.1. The minimum Gasteiger partial charge on any atom is -0.282 e. The molecule has 0 spiro atoms. The first kappa shape index (κ1) is 19.1. The Balaban J connectivity index is 3.97. The monoisotopic (exact) mass is 406 g/mol. The van der Waals surface area contributed by atoms with Crippen molar-refractivity contribution in [1.82, 2.24) is 0 Å². The van der Waals surface area contributed by atoms with E-state index in [4.69, 9.17) is 4.55 Å². The zero-order valence-electron chi connectivity index (χ0n) is 9.84. The average molecular weight is 406 g/mol. The van der Waals surface area contributed by atoms with Crippen LogP contribution in [-0.4, -0.2) is 43.5 Å². The summed E-state index contributed by atoms with van der Waals surface area (Å²) >= 11 is 0. The molecule has 0 aromatic rings. The Morgan fingerprint density at radius 1 is 0.909 bits per heavy atom. The van der Waals surface area contributed by atoms with E-state index in [0.717, 1.165) is 0 Å². The van der Waals surface area contributed by atoms with Crippen molar-refractivity contribution >= 4 is 40.8 Å². The first-order chi connectivity index (χ1) is 9.45. The largest absolute Gasteiger partial charge is 0.329 e. The van der Waals surface area contributed by atoms with Gasteiger partial charge in [0.15, 0.2) is 0 Å². The van der Waals surface area contributed by atoms with Gasteiger partial charge in [-0.05, 0) is 6.08 Å². The molecule has 1 atom stereocenters. The molecule has 1 rings (SSSR count). The smallest absolute Gasteiger partial charge is 0.282 e. The molecule has 1 unspecified atom stereocenters. The van der Waals surface area contributed by atoms with Gasteiger partial charge >= 0.3 is 30.7 Å². The van der Waals surface area contributed by atoms with Gasteiger partial charge in [0.05, 0.1) is 9.81 Å². The standard InChI is InChI=1S/C6H5F3O9S4/c7-19(10,11)3-1-4(20(8,12)13)6(22(16,17)18)5(2-3)21(9,14)15/h1,4H,2H2,(H,16,17,18).